The summed E-state index contributed by atoms with van der Waals surface area (Å²) in [4.78, 5) is 32.8. The van der Waals surface area contributed by atoms with Gasteiger partial charge in [0.25, 0.3) is 15.6 Å². The zero-order chi connectivity index (χ0) is 28.3. The van der Waals surface area contributed by atoms with Gasteiger partial charge in [0.2, 0.25) is 0 Å². The topological polar surface area (TPSA) is 125 Å². The summed E-state index contributed by atoms with van der Waals surface area (Å²) >= 11 is 6.92. The van der Waals surface area contributed by atoms with Crippen LogP contribution >= 0.6 is 23.4 Å². The second-order valence-corrected chi connectivity index (χ2v) is 13.7. The summed E-state index contributed by atoms with van der Waals surface area (Å²) in [6.45, 7) is 6.10. The number of benzene rings is 2. The summed E-state index contributed by atoms with van der Waals surface area (Å²) in [5.41, 5.74) is 2.28. The van der Waals surface area contributed by atoms with Crippen LogP contribution in [-0.4, -0.2) is 59.8 Å². The largest absolute Gasteiger partial charge is 0.385 e. The minimum atomic E-state index is -3.99. The van der Waals surface area contributed by atoms with Crippen molar-refractivity contribution in [3.8, 4) is 5.69 Å². The molecule has 2 amide bonds. The van der Waals surface area contributed by atoms with Crippen LogP contribution in [0, 0.1) is 6.92 Å². The van der Waals surface area contributed by atoms with Gasteiger partial charge in [-0.2, -0.15) is 0 Å². The van der Waals surface area contributed by atoms with Crippen molar-refractivity contribution in [2.45, 2.75) is 37.3 Å². The molecule has 1 unspecified atom stereocenters. The molecule has 3 heterocycles. The molecule has 1 saturated heterocycles. The minimum Gasteiger partial charge on any atom is -0.385 e. The van der Waals surface area contributed by atoms with Gasteiger partial charge in [-0.3, -0.25) is 9.36 Å². The van der Waals surface area contributed by atoms with Crippen molar-refractivity contribution in [1.82, 2.24) is 19.2 Å². The molecular weight excluding hydrogens is 572 g/mol. The Morgan fingerprint density at radius 1 is 1.12 bits per heavy atom. The van der Waals surface area contributed by atoms with Crippen LogP contribution in [0.25, 0.3) is 16.6 Å². The van der Waals surface area contributed by atoms with Crippen LogP contribution in [0.2, 0.25) is 0 Å². The number of thioether (sulfide) groups is 1. The molecule has 3 N–H and O–H groups in total. The highest BCUT2D eigenvalue weighted by Crippen LogP contribution is 2.37. The highest BCUT2D eigenvalue weighted by Gasteiger charge is 2.27. The molecule has 13 heteroatoms. The molecule has 2 aliphatic rings. The Bertz CT molecular complexity index is 1600. The molecule has 0 radical (unpaired) electrons. The highest BCUT2D eigenvalue weighted by atomic mass is 35.5. The molecule has 212 valence electrons. The molecule has 0 bridgehead atoms. The molecule has 1 fully saturated rings. The maximum atomic E-state index is 13.4. The van der Waals surface area contributed by atoms with Gasteiger partial charge in [0, 0.05) is 17.9 Å². The van der Waals surface area contributed by atoms with E-state index in [-0.39, 0.29) is 14.5 Å². The number of anilines is 2. The number of nitrogens with one attached hydrogen (secondary N) is 3. The number of nitrogens with zero attached hydrogens (tertiary/aromatic N) is 3. The number of fused-ring (bicyclic) bond motifs is 1. The standard InChI is InChI=1S/C27H31ClN6O4S2/c1-18-30-23-17-20(29-13-4-16-33-14-2-3-15-33)7-10-22(23)26(35)34(18)21-8-5-19(6-9-21)31-27(36)32-40(37,38)25-12-11-24(28)39-25/h5-10,12,17,24,29H,2-4,11,13-16H2,1H3,(H2,31,32,36). The van der Waals surface area contributed by atoms with Gasteiger partial charge in [0.15, 0.2) is 0 Å². The summed E-state index contributed by atoms with van der Waals surface area (Å²) in [6.07, 6.45) is 5.53. The average Bonchev–Trinajstić information content (AvgIpc) is 3.59. The smallest absolute Gasteiger partial charge is 0.333 e. The fourth-order valence-electron chi connectivity index (χ4n) is 4.86. The normalized spacial score (nSPS) is 17.6. The molecule has 1 atom stereocenters. The van der Waals surface area contributed by atoms with Crippen molar-refractivity contribution in [3.63, 3.8) is 0 Å². The van der Waals surface area contributed by atoms with E-state index >= 15 is 0 Å². The van der Waals surface area contributed by atoms with Crippen molar-refractivity contribution in [2.75, 3.05) is 36.8 Å². The first-order chi connectivity index (χ1) is 19.2. The minimum absolute atomic E-state index is 0.0251. The third-order valence-corrected chi connectivity index (χ3v) is 10.2. The van der Waals surface area contributed by atoms with E-state index in [1.807, 2.05) is 16.9 Å². The fourth-order valence-corrected chi connectivity index (χ4v) is 7.72. The Balaban J connectivity index is 1.24. The maximum absolute atomic E-state index is 13.4. The van der Waals surface area contributed by atoms with Crippen molar-refractivity contribution in [1.29, 1.82) is 0 Å². The molecular formula is C27H31ClN6O4S2. The summed E-state index contributed by atoms with van der Waals surface area (Å²) in [5.74, 6) is 0.521. The summed E-state index contributed by atoms with van der Waals surface area (Å²) in [5, 5.41) is 6.44. The van der Waals surface area contributed by atoms with Gasteiger partial charge in [0.1, 0.15) is 10.1 Å². The van der Waals surface area contributed by atoms with E-state index in [1.54, 1.807) is 37.3 Å². The van der Waals surface area contributed by atoms with Crippen LogP contribution in [0.4, 0.5) is 16.2 Å². The molecule has 2 aliphatic heterocycles. The zero-order valence-electron chi connectivity index (χ0n) is 22.0. The van der Waals surface area contributed by atoms with Gasteiger partial charge in [-0.05, 0) is 94.7 Å². The number of hydrogen-bond acceptors (Lipinski definition) is 8. The molecule has 10 nitrogen and oxygen atoms in total. The number of carbonyl (C=O) groups is 1. The average molecular weight is 603 g/mol. The van der Waals surface area contributed by atoms with Gasteiger partial charge in [-0.25, -0.2) is 22.9 Å². The number of carbonyl (C=O) groups excluding carboxylic acids is 1. The van der Waals surface area contributed by atoms with E-state index in [4.69, 9.17) is 11.6 Å². The lowest BCUT2D eigenvalue weighted by atomic mass is 10.2. The summed E-state index contributed by atoms with van der Waals surface area (Å²) in [7, 11) is -3.99. The van der Waals surface area contributed by atoms with Crippen LogP contribution < -0.4 is 20.9 Å². The number of amides is 2. The summed E-state index contributed by atoms with van der Waals surface area (Å²) in [6, 6.07) is 11.2. The predicted molar refractivity (Wildman–Crippen MR) is 162 cm³/mol. The number of allylic oxidation sites excluding steroid dienone is 1. The number of hydrogen-bond donors (Lipinski definition) is 3. The second-order valence-electron chi connectivity index (χ2n) is 9.75. The molecule has 0 saturated carbocycles. The van der Waals surface area contributed by atoms with E-state index in [9.17, 15) is 18.0 Å². The van der Waals surface area contributed by atoms with E-state index in [0.717, 1.165) is 37.0 Å². The highest BCUT2D eigenvalue weighted by molar-refractivity contribution is 8.19. The number of likely N-dealkylation sites (tertiary alicyclic amines) is 1. The number of halogens is 1. The van der Waals surface area contributed by atoms with Crippen molar-refractivity contribution >= 4 is 61.7 Å². The van der Waals surface area contributed by atoms with E-state index < -0.39 is 16.1 Å². The number of aryl methyl sites for hydroxylation is 1. The first kappa shape index (κ1) is 28.5. The van der Waals surface area contributed by atoms with Gasteiger partial charge in [0.05, 0.1) is 21.3 Å². The molecule has 1 aromatic heterocycles. The maximum Gasteiger partial charge on any atom is 0.333 e. The van der Waals surface area contributed by atoms with E-state index in [0.29, 0.717) is 34.5 Å². The monoisotopic (exact) mass is 602 g/mol. The van der Waals surface area contributed by atoms with Crippen LogP contribution in [0.3, 0.4) is 0 Å². The fraction of sp³-hybridized carbons (Fsp3) is 0.370. The molecule has 5 rings (SSSR count). The van der Waals surface area contributed by atoms with E-state index in [2.05, 4.69) is 20.5 Å². The van der Waals surface area contributed by atoms with Crippen LogP contribution in [0.15, 0.2) is 57.6 Å². The Hall–Kier alpha value is -3.06. The van der Waals surface area contributed by atoms with Gasteiger partial charge >= 0.3 is 6.03 Å². The summed E-state index contributed by atoms with van der Waals surface area (Å²) < 4.78 is 27.9. The lowest BCUT2D eigenvalue weighted by Crippen LogP contribution is -2.34. The lowest BCUT2D eigenvalue weighted by molar-refractivity contribution is 0.256. The molecule has 40 heavy (non-hydrogen) atoms. The third-order valence-electron chi connectivity index (χ3n) is 6.81. The molecule has 0 aliphatic carbocycles. The van der Waals surface area contributed by atoms with Gasteiger partial charge < -0.3 is 15.5 Å². The Morgan fingerprint density at radius 3 is 2.55 bits per heavy atom. The predicted octanol–water partition coefficient (Wildman–Crippen LogP) is 4.59. The van der Waals surface area contributed by atoms with Crippen LogP contribution in [-0.2, 0) is 10.0 Å². The Labute approximate surface area is 242 Å². The number of alkyl halides is 1. The van der Waals surface area contributed by atoms with Gasteiger partial charge in [-0.15, -0.1) is 11.6 Å². The first-order valence-corrected chi connectivity index (χ1v) is 15.9. The number of sulfonamides is 1. The molecule has 0 spiro atoms. The van der Waals surface area contributed by atoms with E-state index in [1.165, 1.54) is 36.6 Å². The first-order valence-electron chi connectivity index (χ1n) is 13.1. The Kier molecular flexibility index (Phi) is 8.69. The van der Waals surface area contributed by atoms with Crippen molar-refractivity contribution < 1.29 is 13.2 Å². The molecule has 2 aromatic carbocycles. The lowest BCUT2D eigenvalue weighted by Gasteiger charge is -2.15. The van der Waals surface area contributed by atoms with Crippen molar-refractivity contribution in [2.24, 2.45) is 0 Å². The third kappa shape index (κ3) is 6.63. The SMILES string of the molecule is Cc1nc2cc(NCCCN3CCCC3)ccc2c(=O)n1-c1ccc(NC(=O)NS(=O)(=O)C2=CCC(Cl)S2)cc1. The zero-order valence-corrected chi connectivity index (χ0v) is 24.4. The number of aromatic nitrogens is 2. The second kappa shape index (κ2) is 12.2. The van der Waals surface area contributed by atoms with Gasteiger partial charge in [-0.1, -0.05) is 17.8 Å². The Morgan fingerprint density at radius 2 is 1.85 bits per heavy atom. The number of rotatable bonds is 9. The molecule has 3 aromatic rings. The number of urea groups is 1. The van der Waals surface area contributed by atoms with Crippen LogP contribution in [0.5, 0.6) is 0 Å². The van der Waals surface area contributed by atoms with Crippen molar-refractivity contribution in [3.05, 3.63) is 69.0 Å². The van der Waals surface area contributed by atoms with Crippen LogP contribution in [0.1, 0.15) is 31.5 Å². The quantitative estimate of drug-likeness (QED) is 0.240.